The zero-order valence-corrected chi connectivity index (χ0v) is 15.7. The highest BCUT2D eigenvalue weighted by molar-refractivity contribution is 7.98. The number of H-pyrrole nitrogens is 1. The summed E-state index contributed by atoms with van der Waals surface area (Å²) in [5.41, 5.74) is 9.53. The third kappa shape index (κ3) is 3.99. The Bertz CT molecular complexity index is 904. The number of nitrogens with zero attached hydrogens (tertiary/aromatic N) is 4. The first kappa shape index (κ1) is 17.4. The number of carbonyl (C=O) groups excluding carboxylic acids is 1. The third-order valence-corrected chi connectivity index (χ3v) is 5.38. The van der Waals surface area contributed by atoms with Gasteiger partial charge in [-0.05, 0) is 37.1 Å². The van der Waals surface area contributed by atoms with Crippen LogP contribution in [0.25, 0.3) is 0 Å². The summed E-state index contributed by atoms with van der Waals surface area (Å²) in [6.07, 6.45) is 0. The molecule has 9 heteroatoms. The lowest BCUT2D eigenvalue weighted by atomic mass is 10.1. The number of amides is 1. The predicted octanol–water partition coefficient (Wildman–Crippen LogP) is 3.44. The van der Waals surface area contributed by atoms with Gasteiger partial charge in [0.1, 0.15) is 0 Å². The number of thiazole rings is 1. The Morgan fingerprint density at radius 2 is 2.12 bits per heavy atom. The molecule has 0 saturated heterocycles. The van der Waals surface area contributed by atoms with E-state index in [1.807, 2.05) is 37.4 Å². The molecule has 0 aliphatic heterocycles. The van der Waals surface area contributed by atoms with Crippen molar-refractivity contribution < 1.29 is 4.79 Å². The van der Waals surface area contributed by atoms with E-state index in [4.69, 9.17) is 5.73 Å². The van der Waals surface area contributed by atoms with E-state index in [0.29, 0.717) is 22.0 Å². The standard InChI is InChI=1S/C16H18N6OS2/c1-9-4-5-13(6-10(9)2)22(11(3)23)16-18-12(8-25-16)7-24-15-19-14(17)20-21-15/h4-6,8H,7H2,1-3H3,(H3,17,19,20,21). The van der Waals surface area contributed by atoms with Gasteiger partial charge in [-0.3, -0.25) is 9.69 Å². The number of aromatic amines is 1. The van der Waals surface area contributed by atoms with Gasteiger partial charge in [0.25, 0.3) is 0 Å². The molecule has 3 aromatic rings. The van der Waals surface area contributed by atoms with Gasteiger partial charge in [0.15, 0.2) is 5.13 Å². The molecular weight excluding hydrogens is 356 g/mol. The Morgan fingerprint density at radius 1 is 1.32 bits per heavy atom. The maximum absolute atomic E-state index is 12.2. The molecule has 2 aromatic heterocycles. The Labute approximate surface area is 153 Å². The molecule has 0 fully saturated rings. The van der Waals surface area contributed by atoms with Crippen molar-refractivity contribution >= 4 is 45.8 Å². The molecule has 0 bridgehead atoms. The smallest absolute Gasteiger partial charge is 0.230 e. The van der Waals surface area contributed by atoms with Crippen molar-refractivity contribution in [1.29, 1.82) is 0 Å². The fourth-order valence-electron chi connectivity index (χ4n) is 2.22. The molecule has 2 heterocycles. The zero-order valence-electron chi connectivity index (χ0n) is 14.1. The number of hydrogen-bond donors (Lipinski definition) is 2. The predicted molar refractivity (Wildman–Crippen MR) is 101 cm³/mol. The number of aromatic nitrogens is 4. The zero-order chi connectivity index (χ0) is 18.0. The molecule has 3 N–H and O–H groups in total. The number of benzene rings is 1. The van der Waals surface area contributed by atoms with Crippen LogP contribution in [0.2, 0.25) is 0 Å². The summed E-state index contributed by atoms with van der Waals surface area (Å²) >= 11 is 2.87. The van der Waals surface area contributed by atoms with Gasteiger partial charge in [-0.15, -0.1) is 16.4 Å². The molecule has 130 valence electrons. The molecule has 0 spiro atoms. The van der Waals surface area contributed by atoms with Crippen LogP contribution < -0.4 is 10.6 Å². The average Bonchev–Trinajstić information content (AvgIpc) is 3.18. The Morgan fingerprint density at radius 3 is 2.76 bits per heavy atom. The summed E-state index contributed by atoms with van der Waals surface area (Å²) in [4.78, 5) is 22.5. The molecule has 25 heavy (non-hydrogen) atoms. The van der Waals surface area contributed by atoms with E-state index >= 15 is 0 Å². The average molecular weight is 374 g/mol. The second-order valence-corrected chi connectivity index (χ2v) is 7.32. The molecular formula is C16H18N6OS2. The number of nitrogen functional groups attached to an aromatic ring is 1. The van der Waals surface area contributed by atoms with Crippen LogP contribution in [-0.2, 0) is 10.5 Å². The van der Waals surface area contributed by atoms with E-state index in [2.05, 4.69) is 20.2 Å². The number of aryl methyl sites for hydroxylation is 2. The Kier molecular flexibility index (Phi) is 5.05. The highest BCUT2D eigenvalue weighted by atomic mass is 32.2. The van der Waals surface area contributed by atoms with Gasteiger partial charge in [0.05, 0.1) is 11.4 Å². The lowest BCUT2D eigenvalue weighted by molar-refractivity contribution is -0.115. The Hall–Kier alpha value is -2.39. The summed E-state index contributed by atoms with van der Waals surface area (Å²) in [7, 11) is 0. The largest absolute Gasteiger partial charge is 0.368 e. The van der Waals surface area contributed by atoms with Crippen molar-refractivity contribution in [2.45, 2.75) is 31.7 Å². The van der Waals surface area contributed by atoms with Gasteiger partial charge in [-0.2, -0.15) is 4.98 Å². The molecule has 7 nitrogen and oxygen atoms in total. The molecule has 0 saturated carbocycles. The molecule has 3 rings (SSSR count). The first-order valence-corrected chi connectivity index (χ1v) is 9.43. The van der Waals surface area contributed by atoms with Crippen LogP contribution in [0, 0.1) is 13.8 Å². The van der Waals surface area contributed by atoms with Gasteiger partial charge in [0, 0.05) is 18.1 Å². The fourth-order valence-corrected chi connectivity index (χ4v) is 3.91. The molecule has 0 atom stereocenters. The topological polar surface area (TPSA) is 101 Å². The molecule has 0 unspecified atom stereocenters. The van der Waals surface area contributed by atoms with Gasteiger partial charge < -0.3 is 5.73 Å². The minimum Gasteiger partial charge on any atom is -0.368 e. The van der Waals surface area contributed by atoms with Crippen molar-refractivity contribution in [2.24, 2.45) is 0 Å². The highest BCUT2D eigenvalue weighted by Gasteiger charge is 2.18. The number of nitrogens with two attached hydrogens (primary N) is 1. The number of anilines is 3. The molecule has 1 amide bonds. The van der Waals surface area contributed by atoms with Gasteiger partial charge in [-0.25, -0.2) is 10.1 Å². The van der Waals surface area contributed by atoms with Crippen LogP contribution in [0.4, 0.5) is 16.8 Å². The van der Waals surface area contributed by atoms with Crippen LogP contribution in [0.3, 0.4) is 0 Å². The van der Waals surface area contributed by atoms with Crippen molar-refractivity contribution in [3.63, 3.8) is 0 Å². The van der Waals surface area contributed by atoms with Gasteiger partial charge >= 0.3 is 0 Å². The van der Waals surface area contributed by atoms with E-state index in [0.717, 1.165) is 16.9 Å². The van der Waals surface area contributed by atoms with E-state index in [-0.39, 0.29) is 5.91 Å². The number of carbonyl (C=O) groups is 1. The monoisotopic (exact) mass is 374 g/mol. The van der Waals surface area contributed by atoms with Crippen LogP contribution in [0.1, 0.15) is 23.7 Å². The van der Waals surface area contributed by atoms with Crippen molar-refractivity contribution in [2.75, 3.05) is 10.6 Å². The first-order chi connectivity index (χ1) is 11.9. The normalized spacial score (nSPS) is 10.8. The van der Waals surface area contributed by atoms with Crippen LogP contribution in [0.15, 0.2) is 28.7 Å². The summed E-state index contributed by atoms with van der Waals surface area (Å²) in [6, 6.07) is 5.96. The minimum atomic E-state index is -0.0708. The van der Waals surface area contributed by atoms with Gasteiger partial charge in [-0.1, -0.05) is 17.8 Å². The van der Waals surface area contributed by atoms with Crippen molar-refractivity contribution in [3.8, 4) is 0 Å². The number of thioether (sulfide) groups is 1. The SMILES string of the molecule is CC(=O)N(c1ccc(C)c(C)c1)c1nc(CSc2n[nH]c(N)n2)cs1. The summed E-state index contributed by atoms with van der Waals surface area (Å²) in [5.74, 6) is 0.824. The molecule has 1 aromatic carbocycles. The second-order valence-electron chi connectivity index (χ2n) is 5.54. The number of hydrogen-bond acceptors (Lipinski definition) is 7. The van der Waals surface area contributed by atoms with E-state index in [9.17, 15) is 4.79 Å². The number of nitrogens with one attached hydrogen (secondary N) is 1. The van der Waals surface area contributed by atoms with E-state index < -0.39 is 0 Å². The summed E-state index contributed by atoms with van der Waals surface area (Å²) < 4.78 is 0. The highest BCUT2D eigenvalue weighted by Crippen LogP contribution is 2.31. The van der Waals surface area contributed by atoms with Crippen LogP contribution in [0.5, 0.6) is 0 Å². The van der Waals surface area contributed by atoms with Crippen molar-refractivity contribution in [3.05, 3.63) is 40.4 Å². The minimum absolute atomic E-state index is 0.0708. The quantitative estimate of drug-likeness (QED) is 0.664. The van der Waals surface area contributed by atoms with Crippen LogP contribution in [-0.4, -0.2) is 26.1 Å². The summed E-state index contributed by atoms with van der Waals surface area (Å²) in [6.45, 7) is 5.62. The Balaban J connectivity index is 1.79. The first-order valence-electron chi connectivity index (χ1n) is 7.57. The van der Waals surface area contributed by atoms with E-state index in [1.54, 1.807) is 11.8 Å². The number of rotatable bonds is 5. The van der Waals surface area contributed by atoms with Crippen LogP contribution >= 0.6 is 23.1 Å². The van der Waals surface area contributed by atoms with E-state index in [1.165, 1.54) is 28.7 Å². The molecule has 0 aliphatic rings. The summed E-state index contributed by atoms with van der Waals surface area (Å²) in [5, 5.41) is 9.75. The molecule has 0 radical (unpaired) electrons. The lowest BCUT2D eigenvalue weighted by Gasteiger charge is -2.19. The third-order valence-electron chi connectivity index (χ3n) is 3.63. The second kappa shape index (κ2) is 7.24. The lowest BCUT2D eigenvalue weighted by Crippen LogP contribution is -2.22. The fraction of sp³-hybridized carbons (Fsp3) is 0.250. The maximum Gasteiger partial charge on any atom is 0.230 e. The maximum atomic E-state index is 12.2. The van der Waals surface area contributed by atoms with Gasteiger partial charge in [0.2, 0.25) is 17.0 Å². The molecule has 0 aliphatic carbocycles. The van der Waals surface area contributed by atoms with Crippen molar-refractivity contribution in [1.82, 2.24) is 20.2 Å².